The van der Waals surface area contributed by atoms with Gasteiger partial charge in [0.2, 0.25) is 0 Å². The van der Waals surface area contributed by atoms with E-state index < -0.39 is 0 Å². The third kappa shape index (κ3) is 2.59. The number of aromatic nitrogens is 2. The summed E-state index contributed by atoms with van der Waals surface area (Å²) >= 11 is 3.21. The number of hydrogen-bond donors (Lipinski definition) is 1. The second-order valence-corrected chi connectivity index (χ2v) is 5.21. The van der Waals surface area contributed by atoms with Gasteiger partial charge in [0.15, 0.2) is 5.82 Å². The highest BCUT2D eigenvalue weighted by atomic mass is 79.9. The van der Waals surface area contributed by atoms with E-state index in [0.717, 1.165) is 0 Å². The van der Waals surface area contributed by atoms with Gasteiger partial charge in [-0.3, -0.25) is 0 Å². The topological polar surface area (TPSA) is 51.0 Å². The first kappa shape index (κ1) is 11.8. The van der Waals surface area contributed by atoms with Crippen LogP contribution in [0.4, 0.5) is 4.39 Å². The summed E-state index contributed by atoms with van der Waals surface area (Å²) in [5.74, 6) is 0.390. The van der Waals surface area contributed by atoms with E-state index in [0.29, 0.717) is 28.4 Å². The quantitative estimate of drug-likeness (QED) is 0.943. The van der Waals surface area contributed by atoms with Gasteiger partial charge in [-0.1, -0.05) is 21.1 Å². The predicted molar refractivity (Wildman–Crippen MR) is 67.3 cm³/mol. The molecule has 1 aromatic carbocycles. The van der Waals surface area contributed by atoms with Crippen molar-refractivity contribution in [3.8, 4) is 11.5 Å². The molecule has 1 aliphatic carbocycles. The Morgan fingerprint density at radius 3 is 3.00 bits per heavy atom. The van der Waals surface area contributed by atoms with E-state index in [1.165, 1.54) is 18.9 Å². The van der Waals surface area contributed by atoms with Crippen molar-refractivity contribution in [3.63, 3.8) is 0 Å². The lowest BCUT2D eigenvalue weighted by Gasteiger charge is -1.97. The SMILES string of the molecule is Fc1cc(Br)ccc1-c1nc(CNC2CC2)no1. The van der Waals surface area contributed by atoms with Crippen LogP contribution in [0.25, 0.3) is 11.5 Å². The molecule has 1 saturated carbocycles. The molecule has 1 N–H and O–H groups in total. The molecule has 3 rings (SSSR count). The molecule has 0 saturated heterocycles. The van der Waals surface area contributed by atoms with Crippen LogP contribution in [0.3, 0.4) is 0 Å². The number of benzene rings is 1. The summed E-state index contributed by atoms with van der Waals surface area (Å²) in [7, 11) is 0. The smallest absolute Gasteiger partial charge is 0.260 e. The molecule has 0 radical (unpaired) electrons. The Kier molecular flexibility index (Phi) is 3.13. The maximum atomic E-state index is 13.7. The minimum Gasteiger partial charge on any atom is -0.334 e. The molecule has 0 amide bonds. The third-order valence-electron chi connectivity index (χ3n) is 2.76. The van der Waals surface area contributed by atoms with Crippen LogP contribution in [0, 0.1) is 5.82 Å². The number of nitrogens with one attached hydrogen (secondary N) is 1. The third-order valence-corrected chi connectivity index (χ3v) is 3.25. The van der Waals surface area contributed by atoms with E-state index in [2.05, 4.69) is 31.4 Å². The molecule has 6 heteroatoms. The van der Waals surface area contributed by atoms with Gasteiger partial charge in [0, 0.05) is 10.5 Å². The van der Waals surface area contributed by atoms with Gasteiger partial charge in [-0.25, -0.2) is 4.39 Å². The largest absolute Gasteiger partial charge is 0.334 e. The van der Waals surface area contributed by atoms with Crippen LogP contribution >= 0.6 is 15.9 Å². The zero-order valence-corrected chi connectivity index (χ0v) is 11.1. The Morgan fingerprint density at radius 1 is 1.44 bits per heavy atom. The van der Waals surface area contributed by atoms with Crippen molar-refractivity contribution in [2.24, 2.45) is 0 Å². The van der Waals surface area contributed by atoms with Crippen LogP contribution in [0.15, 0.2) is 27.2 Å². The first-order valence-corrected chi connectivity index (χ1v) is 6.53. The van der Waals surface area contributed by atoms with Crippen LogP contribution in [0.1, 0.15) is 18.7 Å². The fraction of sp³-hybridized carbons (Fsp3) is 0.333. The number of halogens is 2. The molecule has 1 aromatic heterocycles. The molecular formula is C12H11BrFN3O. The lowest BCUT2D eigenvalue weighted by molar-refractivity contribution is 0.417. The summed E-state index contributed by atoms with van der Waals surface area (Å²) in [5, 5.41) is 7.10. The summed E-state index contributed by atoms with van der Waals surface area (Å²) in [5.41, 5.74) is 0.323. The van der Waals surface area contributed by atoms with Crippen molar-refractivity contribution < 1.29 is 8.91 Å². The molecular weight excluding hydrogens is 301 g/mol. The Hall–Kier alpha value is -1.27. The summed E-state index contributed by atoms with van der Waals surface area (Å²) in [6, 6.07) is 5.31. The van der Waals surface area contributed by atoms with Crippen molar-refractivity contribution in [1.29, 1.82) is 0 Å². The monoisotopic (exact) mass is 311 g/mol. The second kappa shape index (κ2) is 4.78. The fourth-order valence-electron chi connectivity index (χ4n) is 1.62. The Morgan fingerprint density at radius 2 is 2.28 bits per heavy atom. The van der Waals surface area contributed by atoms with Crippen molar-refractivity contribution >= 4 is 15.9 Å². The molecule has 1 aliphatic rings. The molecule has 0 unspecified atom stereocenters. The molecule has 2 aromatic rings. The normalized spacial score (nSPS) is 15.0. The standard InChI is InChI=1S/C12H11BrFN3O/c13-7-1-4-9(10(14)5-7)12-16-11(17-18-12)6-15-8-2-3-8/h1,4-5,8,15H,2-3,6H2. The molecule has 94 valence electrons. The highest BCUT2D eigenvalue weighted by molar-refractivity contribution is 9.10. The molecule has 4 nitrogen and oxygen atoms in total. The summed E-state index contributed by atoms with van der Waals surface area (Å²) < 4.78 is 19.4. The summed E-state index contributed by atoms with van der Waals surface area (Å²) in [6.45, 7) is 0.562. The van der Waals surface area contributed by atoms with Gasteiger partial charge in [-0.15, -0.1) is 0 Å². The molecule has 18 heavy (non-hydrogen) atoms. The molecule has 0 bridgehead atoms. The summed E-state index contributed by atoms with van der Waals surface area (Å²) in [6.07, 6.45) is 2.40. The van der Waals surface area contributed by atoms with Crippen LogP contribution in [-0.4, -0.2) is 16.2 Å². The van der Waals surface area contributed by atoms with E-state index in [-0.39, 0.29) is 11.7 Å². The first-order valence-electron chi connectivity index (χ1n) is 5.74. The number of hydrogen-bond acceptors (Lipinski definition) is 4. The average molecular weight is 312 g/mol. The second-order valence-electron chi connectivity index (χ2n) is 4.30. The van der Waals surface area contributed by atoms with E-state index in [1.807, 2.05) is 0 Å². The van der Waals surface area contributed by atoms with Crippen LogP contribution in [-0.2, 0) is 6.54 Å². The fourth-order valence-corrected chi connectivity index (χ4v) is 1.95. The molecule has 0 spiro atoms. The van der Waals surface area contributed by atoms with Gasteiger partial charge in [0.1, 0.15) is 5.82 Å². The maximum Gasteiger partial charge on any atom is 0.260 e. The van der Waals surface area contributed by atoms with Gasteiger partial charge in [0.25, 0.3) is 5.89 Å². The van der Waals surface area contributed by atoms with Crippen molar-refractivity contribution in [2.75, 3.05) is 0 Å². The Labute approximate surface area is 112 Å². The van der Waals surface area contributed by atoms with Gasteiger partial charge in [-0.2, -0.15) is 4.98 Å². The van der Waals surface area contributed by atoms with Crippen molar-refractivity contribution in [2.45, 2.75) is 25.4 Å². The van der Waals surface area contributed by atoms with Gasteiger partial charge >= 0.3 is 0 Å². The van der Waals surface area contributed by atoms with Gasteiger partial charge < -0.3 is 9.84 Å². The van der Waals surface area contributed by atoms with E-state index in [4.69, 9.17) is 4.52 Å². The minimum atomic E-state index is -0.380. The highest BCUT2D eigenvalue weighted by Gasteiger charge is 2.21. The predicted octanol–water partition coefficient (Wildman–Crippen LogP) is 2.89. The molecule has 0 atom stereocenters. The summed E-state index contributed by atoms with van der Waals surface area (Å²) in [4.78, 5) is 4.18. The Balaban J connectivity index is 1.78. The van der Waals surface area contributed by atoms with Gasteiger partial charge in [0.05, 0.1) is 12.1 Å². The molecule has 0 aliphatic heterocycles. The zero-order chi connectivity index (χ0) is 12.5. The lowest BCUT2D eigenvalue weighted by Crippen LogP contribution is -2.16. The van der Waals surface area contributed by atoms with E-state index >= 15 is 0 Å². The first-order chi connectivity index (χ1) is 8.72. The van der Waals surface area contributed by atoms with Crippen LogP contribution < -0.4 is 5.32 Å². The maximum absolute atomic E-state index is 13.7. The Bertz CT molecular complexity index is 568. The average Bonchev–Trinajstić information content (AvgIpc) is 3.05. The molecule has 1 heterocycles. The van der Waals surface area contributed by atoms with Crippen LogP contribution in [0.5, 0.6) is 0 Å². The number of nitrogens with zero attached hydrogens (tertiary/aromatic N) is 2. The minimum absolute atomic E-state index is 0.215. The van der Waals surface area contributed by atoms with Gasteiger partial charge in [-0.05, 0) is 31.0 Å². The lowest BCUT2D eigenvalue weighted by atomic mass is 10.2. The van der Waals surface area contributed by atoms with E-state index in [9.17, 15) is 4.39 Å². The van der Waals surface area contributed by atoms with Crippen LogP contribution in [0.2, 0.25) is 0 Å². The van der Waals surface area contributed by atoms with Crippen molar-refractivity contribution in [3.05, 3.63) is 34.3 Å². The van der Waals surface area contributed by atoms with E-state index in [1.54, 1.807) is 12.1 Å². The zero-order valence-electron chi connectivity index (χ0n) is 9.49. The molecule has 1 fully saturated rings. The number of rotatable bonds is 4. The van der Waals surface area contributed by atoms with Crippen molar-refractivity contribution in [1.82, 2.24) is 15.5 Å². The highest BCUT2D eigenvalue weighted by Crippen LogP contribution is 2.24.